The second kappa shape index (κ2) is 4.74. The van der Waals surface area contributed by atoms with Crippen molar-refractivity contribution in [3.63, 3.8) is 0 Å². The predicted octanol–water partition coefficient (Wildman–Crippen LogP) is 1.33. The quantitative estimate of drug-likeness (QED) is 0.838. The topological polar surface area (TPSA) is 73.9 Å². The molecule has 0 aromatic carbocycles. The van der Waals surface area contributed by atoms with Crippen molar-refractivity contribution in [2.75, 3.05) is 12.8 Å². The van der Waals surface area contributed by atoms with Gasteiger partial charge in [0.2, 0.25) is 5.95 Å². The first-order valence-electron chi connectivity index (χ1n) is 5.36. The van der Waals surface area contributed by atoms with Gasteiger partial charge < -0.3 is 10.5 Å². The molecule has 90 valence electrons. The van der Waals surface area contributed by atoms with Crippen molar-refractivity contribution in [3.05, 3.63) is 11.6 Å². The van der Waals surface area contributed by atoms with Gasteiger partial charge in [0.15, 0.2) is 0 Å². The Morgan fingerprint density at radius 2 is 1.88 bits per heavy atom. The zero-order chi connectivity index (χ0) is 12.3. The molecule has 0 radical (unpaired) electrons. The molecule has 1 atom stereocenters. The molecule has 0 bridgehead atoms. The highest BCUT2D eigenvalue weighted by Crippen LogP contribution is 2.18. The number of aromatic nitrogens is 3. The maximum Gasteiger partial charge on any atom is 0.223 e. The Balaban J connectivity index is 2.99. The first-order valence-corrected chi connectivity index (χ1v) is 5.36. The number of nitrogens with two attached hydrogens (primary N) is 1. The van der Waals surface area contributed by atoms with Crippen molar-refractivity contribution in [1.82, 2.24) is 15.0 Å². The lowest BCUT2D eigenvalue weighted by Gasteiger charge is -2.17. The van der Waals surface area contributed by atoms with Crippen molar-refractivity contribution < 1.29 is 4.74 Å². The molecule has 5 heteroatoms. The highest BCUT2D eigenvalue weighted by atomic mass is 16.5. The summed E-state index contributed by atoms with van der Waals surface area (Å²) in [7, 11) is 1.67. The lowest BCUT2D eigenvalue weighted by Crippen LogP contribution is -2.21. The van der Waals surface area contributed by atoms with E-state index in [4.69, 9.17) is 10.5 Å². The van der Waals surface area contributed by atoms with Crippen molar-refractivity contribution in [3.8, 4) is 0 Å². The second-order valence-electron chi connectivity index (χ2n) is 4.93. The zero-order valence-electron chi connectivity index (χ0n) is 10.6. The molecule has 16 heavy (non-hydrogen) atoms. The Bertz CT molecular complexity index is 359. The monoisotopic (exact) mass is 224 g/mol. The van der Waals surface area contributed by atoms with Gasteiger partial charge in [0.25, 0.3) is 0 Å². The van der Waals surface area contributed by atoms with Crippen LogP contribution in [0.4, 0.5) is 5.95 Å². The van der Waals surface area contributed by atoms with E-state index >= 15 is 0 Å². The van der Waals surface area contributed by atoms with Crippen LogP contribution in [0.2, 0.25) is 0 Å². The van der Waals surface area contributed by atoms with E-state index in [9.17, 15) is 0 Å². The van der Waals surface area contributed by atoms with Crippen LogP contribution in [0.5, 0.6) is 0 Å². The van der Waals surface area contributed by atoms with Gasteiger partial charge in [0, 0.05) is 18.9 Å². The van der Waals surface area contributed by atoms with Gasteiger partial charge in [0.1, 0.15) is 11.6 Å². The lowest BCUT2D eigenvalue weighted by molar-refractivity contribution is 0.117. The molecule has 0 aliphatic carbocycles. The van der Waals surface area contributed by atoms with Gasteiger partial charge in [-0.3, -0.25) is 0 Å². The van der Waals surface area contributed by atoms with Crippen LogP contribution in [0.25, 0.3) is 0 Å². The third-order valence-electron chi connectivity index (χ3n) is 2.24. The van der Waals surface area contributed by atoms with E-state index in [0.29, 0.717) is 12.2 Å². The van der Waals surface area contributed by atoms with Crippen LogP contribution in [0.3, 0.4) is 0 Å². The number of rotatable bonds is 3. The largest absolute Gasteiger partial charge is 0.381 e. The van der Waals surface area contributed by atoms with Crippen LogP contribution in [0.1, 0.15) is 39.3 Å². The van der Waals surface area contributed by atoms with Crippen LogP contribution < -0.4 is 5.73 Å². The minimum atomic E-state index is -0.123. The Hall–Kier alpha value is -1.23. The normalized spacial score (nSPS) is 13.8. The predicted molar refractivity (Wildman–Crippen MR) is 63.1 cm³/mol. The smallest absolute Gasteiger partial charge is 0.223 e. The average Bonchev–Trinajstić information content (AvgIpc) is 2.15. The standard InChI is InChI=1S/C11H20N4O/c1-7(16-5)6-8-13-9(11(2,3)4)15-10(12)14-8/h7H,6H2,1-5H3,(H2,12,13,14,15). The van der Waals surface area contributed by atoms with Gasteiger partial charge in [-0.1, -0.05) is 20.8 Å². The zero-order valence-corrected chi connectivity index (χ0v) is 10.6. The molecule has 0 saturated heterocycles. The van der Waals surface area contributed by atoms with E-state index < -0.39 is 0 Å². The third kappa shape index (κ3) is 3.41. The summed E-state index contributed by atoms with van der Waals surface area (Å²) >= 11 is 0. The SMILES string of the molecule is COC(C)Cc1nc(N)nc(C(C)(C)C)n1. The second-order valence-corrected chi connectivity index (χ2v) is 4.93. The van der Waals surface area contributed by atoms with Crippen LogP contribution in [-0.2, 0) is 16.6 Å². The van der Waals surface area contributed by atoms with E-state index in [2.05, 4.69) is 15.0 Å². The summed E-state index contributed by atoms with van der Waals surface area (Å²) in [5, 5.41) is 0. The van der Waals surface area contributed by atoms with Gasteiger partial charge in [-0.2, -0.15) is 9.97 Å². The summed E-state index contributed by atoms with van der Waals surface area (Å²) in [5.41, 5.74) is 5.55. The number of hydrogen-bond acceptors (Lipinski definition) is 5. The molecule has 1 rings (SSSR count). The Labute approximate surface area is 96.5 Å². The van der Waals surface area contributed by atoms with Crippen LogP contribution in [-0.4, -0.2) is 28.2 Å². The van der Waals surface area contributed by atoms with E-state index in [1.54, 1.807) is 7.11 Å². The fourth-order valence-electron chi connectivity index (χ4n) is 1.21. The number of ether oxygens (including phenoxy) is 1. The molecule has 5 nitrogen and oxygen atoms in total. The summed E-state index contributed by atoms with van der Waals surface area (Å²) < 4.78 is 5.18. The molecule has 1 aromatic rings. The van der Waals surface area contributed by atoms with Crippen molar-refractivity contribution in [2.24, 2.45) is 0 Å². The highest BCUT2D eigenvalue weighted by Gasteiger charge is 2.19. The first kappa shape index (κ1) is 12.8. The molecule has 0 spiro atoms. The number of anilines is 1. The number of methoxy groups -OCH3 is 1. The minimum Gasteiger partial charge on any atom is -0.381 e. The van der Waals surface area contributed by atoms with Gasteiger partial charge in [-0.05, 0) is 6.92 Å². The minimum absolute atomic E-state index is 0.0784. The highest BCUT2D eigenvalue weighted by molar-refractivity contribution is 5.19. The van der Waals surface area contributed by atoms with Crippen molar-refractivity contribution in [1.29, 1.82) is 0 Å². The molecule has 0 aliphatic rings. The fourth-order valence-corrected chi connectivity index (χ4v) is 1.21. The molecular weight excluding hydrogens is 204 g/mol. The molecule has 0 aliphatic heterocycles. The van der Waals surface area contributed by atoms with Gasteiger partial charge >= 0.3 is 0 Å². The maximum absolute atomic E-state index is 5.67. The summed E-state index contributed by atoms with van der Waals surface area (Å²) in [5.74, 6) is 1.68. The van der Waals surface area contributed by atoms with Gasteiger partial charge in [-0.25, -0.2) is 4.98 Å². The summed E-state index contributed by atoms with van der Waals surface area (Å²) in [6.07, 6.45) is 0.723. The van der Waals surface area contributed by atoms with Crippen LogP contribution in [0, 0.1) is 0 Å². The Kier molecular flexibility index (Phi) is 3.80. The molecule has 1 heterocycles. The molecule has 0 fully saturated rings. The van der Waals surface area contributed by atoms with Crippen molar-refractivity contribution in [2.45, 2.75) is 45.6 Å². The summed E-state index contributed by atoms with van der Waals surface area (Å²) in [6.45, 7) is 8.11. The number of nitrogens with zero attached hydrogens (tertiary/aromatic N) is 3. The van der Waals surface area contributed by atoms with Gasteiger partial charge in [0.05, 0.1) is 6.10 Å². The maximum atomic E-state index is 5.67. The first-order chi connectivity index (χ1) is 7.32. The number of hydrogen-bond donors (Lipinski definition) is 1. The summed E-state index contributed by atoms with van der Waals surface area (Å²) in [6, 6.07) is 0. The molecule has 0 saturated carbocycles. The number of nitrogen functional groups attached to an aromatic ring is 1. The van der Waals surface area contributed by atoms with E-state index in [0.717, 1.165) is 5.82 Å². The Morgan fingerprint density at radius 3 is 2.38 bits per heavy atom. The van der Waals surface area contributed by atoms with E-state index in [-0.39, 0.29) is 17.5 Å². The third-order valence-corrected chi connectivity index (χ3v) is 2.24. The molecule has 1 aromatic heterocycles. The Morgan fingerprint density at radius 1 is 1.25 bits per heavy atom. The van der Waals surface area contributed by atoms with E-state index in [1.807, 2.05) is 27.7 Å². The van der Waals surface area contributed by atoms with E-state index in [1.165, 1.54) is 0 Å². The average molecular weight is 224 g/mol. The van der Waals surface area contributed by atoms with Crippen LogP contribution in [0.15, 0.2) is 0 Å². The van der Waals surface area contributed by atoms with Crippen molar-refractivity contribution >= 4 is 5.95 Å². The summed E-state index contributed by atoms with van der Waals surface area (Å²) in [4.78, 5) is 12.7. The van der Waals surface area contributed by atoms with Crippen LogP contribution >= 0.6 is 0 Å². The molecule has 0 amide bonds. The van der Waals surface area contributed by atoms with Gasteiger partial charge in [-0.15, -0.1) is 0 Å². The lowest BCUT2D eigenvalue weighted by atomic mass is 9.96. The molecule has 1 unspecified atom stereocenters. The molecular formula is C11H20N4O. The fraction of sp³-hybridized carbons (Fsp3) is 0.727. The molecule has 2 N–H and O–H groups in total.